The van der Waals surface area contributed by atoms with Gasteiger partial charge < -0.3 is 14.0 Å². The van der Waals surface area contributed by atoms with Crippen molar-refractivity contribution in [3.8, 4) is 5.75 Å². The van der Waals surface area contributed by atoms with Crippen LogP contribution in [0.3, 0.4) is 0 Å². The summed E-state index contributed by atoms with van der Waals surface area (Å²) >= 11 is 0. The van der Waals surface area contributed by atoms with E-state index in [4.69, 9.17) is 9.72 Å². The van der Waals surface area contributed by atoms with Gasteiger partial charge in [-0.25, -0.2) is 9.97 Å². The molecule has 0 N–H and O–H groups in total. The van der Waals surface area contributed by atoms with Gasteiger partial charge in [0.15, 0.2) is 11.4 Å². The zero-order valence-electron chi connectivity index (χ0n) is 19.9. The second-order valence-electron chi connectivity index (χ2n) is 9.52. The van der Waals surface area contributed by atoms with Gasteiger partial charge in [0.2, 0.25) is 0 Å². The Hall–Kier alpha value is -2.89. The summed E-state index contributed by atoms with van der Waals surface area (Å²) in [7, 11) is 0. The number of piperidine rings is 1. The van der Waals surface area contributed by atoms with Crippen LogP contribution in [0.2, 0.25) is 0 Å². The summed E-state index contributed by atoms with van der Waals surface area (Å²) in [5.74, 6) is 0.925. The predicted molar refractivity (Wildman–Crippen MR) is 126 cm³/mol. The van der Waals surface area contributed by atoms with E-state index < -0.39 is 0 Å². The lowest BCUT2D eigenvalue weighted by Crippen LogP contribution is -2.45. The Bertz CT molecular complexity index is 1120. The third-order valence-electron chi connectivity index (χ3n) is 6.03. The number of carbonyl (C=O) groups excluding carboxylic acids is 1. The van der Waals surface area contributed by atoms with Crippen LogP contribution in [-0.4, -0.2) is 44.4 Å². The van der Waals surface area contributed by atoms with E-state index in [0.29, 0.717) is 24.0 Å². The summed E-state index contributed by atoms with van der Waals surface area (Å²) in [5.41, 5.74) is 5.65. The first kappa shape index (κ1) is 22.3. The Morgan fingerprint density at radius 2 is 1.97 bits per heavy atom. The number of carbonyl (C=O) groups is 1. The second-order valence-corrected chi connectivity index (χ2v) is 9.52. The SMILES string of the molecule is Cc1cc(C)c2nc(C[C@@H]3CCCCN3C(=O)c3nc(C)ccc3OCC(C)C)cn2c1. The highest BCUT2D eigenvalue weighted by molar-refractivity contribution is 5.95. The van der Waals surface area contributed by atoms with E-state index in [2.05, 4.69) is 55.5 Å². The number of imidazole rings is 1. The molecule has 1 atom stereocenters. The molecule has 0 bridgehead atoms. The maximum absolute atomic E-state index is 13.6. The maximum atomic E-state index is 13.6. The minimum atomic E-state index is -0.0343. The summed E-state index contributed by atoms with van der Waals surface area (Å²) < 4.78 is 8.06. The summed E-state index contributed by atoms with van der Waals surface area (Å²) in [6.07, 6.45) is 8.08. The number of nitrogens with zero attached hydrogens (tertiary/aromatic N) is 4. The number of likely N-dealkylation sites (tertiary alicyclic amines) is 1. The third-order valence-corrected chi connectivity index (χ3v) is 6.03. The van der Waals surface area contributed by atoms with Crippen LogP contribution < -0.4 is 4.74 Å². The first-order valence-electron chi connectivity index (χ1n) is 11.7. The molecule has 1 aliphatic rings. The number of hydrogen-bond donors (Lipinski definition) is 0. The van der Waals surface area contributed by atoms with E-state index in [-0.39, 0.29) is 11.9 Å². The minimum Gasteiger partial charge on any atom is -0.491 e. The lowest BCUT2D eigenvalue weighted by molar-refractivity contribution is 0.0600. The predicted octanol–water partition coefficient (Wildman–Crippen LogP) is 4.93. The van der Waals surface area contributed by atoms with Crippen molar-refractivity contribution in [2.45, 2.75) is 66.3 Å². The van der Waals surface area contributed by atoms with Crippen LogP contribution in [-0.2, 0) is 6.42 Å². The van der Waals surface area contributed by atoms with Gasteiger partial charge >= 0.3 is 0 Å². The molecule has 0 saturated carbocycles. The molecule has 4 rings (SSSR count). The molecular weight excluding hydrogens is 400 g/mol. The molecule has 3 aromatic heterocycles. The van der Waals surface area contributed by atoms with Crippen LogP contribution in [0, 0.1) is 26.7 Å². The number of amides is 1. The average molecular weight is 435 g/mol. The Labute approximate surface area is 190 Å². The van der Waals surface area contributed by atoms with Gasteiger partial charge in [-0.15, -0.1) is 0 Å². The summed E-state index contributed by atoms with van der Waals surface area (Å²) in [6, 6.07) is 6.05. The number of aryl methyl sites for hydroxylation is 3. The molecule has 1 saturated heterocycles. The van der Waals surface area contributed by atoms with Crippen molar-refractivity contribution in [1.29, 1.82) is 0 Å². The smallest absolute Gasteiger partial charge is 0.276 e. The van der Waals surface area contributed by atoms with Gasteiger partial charge in [-0.1, -0.05) is 19.9 Å². The molecule has 6 nitrogen and oxygen atoms in total. The number of pyridine rings is 2. The molecule has 0 unspecified atom stereocenters. The molecule has 32 heavy (non-hydrogen) atoms. The van der Waals surface area contributed by atoms with Crippen LogP contribution in [0.25, 0.3) is 5.65 Å². The van der Waals surface area contributed by atoms with E-state index in [1.165, 1.54) is 11.1 Å². The zero-order chi connectivity index (χ0) is 22.8. The fourth-order valence-electron chi connectivity index (χ4n) is 4.52. The molecule has 1 aliphatic heterocycles. The van der Waals surface area contributed by atoms with Crippen molar-refractivity contribution < 1.29 is 9.53 Å². The van der Waals surface area contributed by atoms with Gasteiger partial charge in [-0.3, -0.25) is 4.79 Å². The van der Waals surface area contributed by atoms with Crippen LogP contribution in [0.1, 0.15) is 66.1 Å². The van der Waals surface area contributed by atoms with Crippen molar-refractivity contribution in [2.24, 2.45) is 5.92 Å². The highest BCUT2D eigenvalue weighted by atomic mass is 16.5. The number of hydrogen-bond acceptors (Lipinski definition) is 4. The van der Waals surface area contributed by atoms with Gasteiger partial charge in [0.1, 0.15) is 5.65 Å². The normalized spacial score (nSPS) is 16.7. The molecule has 0 aliphatic carbocycles. The number of rotatable bonds is 6. The minimum absolute atomic E-state index is 0.0343. The first-order chi connectivity index (χ1) is 15.3. The van der Waals surface area contributed by atoms with Gasteiger partial charge in [0.05, 0.1) is 12.3 Å². The molecule has 6 heteroatoms. The van der Waals surface area contributed by atoms with E-state index in [1.807, 2.05) is 24.0 Å². The highest BCUT2D eigenvalue weighted by Gasteiger charge is 2.31. The summed E-state index contributed by atoms with van der Waals surface area (Å²) in [4.78, 5) is 25.1. The lowest BCUT2D eigenvalue weighted by Gasteiger charge is -2.35. The Kier molecular flexibility index (Phi) is 6.49. The Morgan fingerprint density at radius 1 is 1.16 bits per heavy atom. The van der Waals surface area contributed by atoms with Crippen LogP contribution in [0.4, 0.5) is 0 Å². The molecule has 4 heterocycles. The van der Waals surface area contributed by atoms with Crippen molar-refractivity contribution in [3.63, 3.8) is 0 Å². The number of aromatic nitrogens is 3. The monoisotopic (exact) mass is 434 g/mol. The van der Waals surface area contributed by atoms with Crippen LogP contribution in [0.15, 0.2) is 30.6 Å². The number of ether oxygens (including phenoxy) is 1. The second kappa shape index (κ2) is 9.31. The van der Waals surface area contributed by atoms with Crippen molar-refractivity contribution in [1.82, 2.24) is 19.3 Å². The number of fused-ring (bicyclic) bond motifs is 1. The molecule has 0 spiro atoms. The van der Waals surface area contributed by atoms with Gasteiger partial charge in [-0.2, -0.15) is 0 Å². The van der Waals surface area contributed by atoms with Crippen molar-refractivity contribution >= 4 is 11.6 Å². The molecule has 0 radical (unpaired) electrons. The Balaban J connectivity index is 1.59. The van der Waals surface area contributed by atoms with E-state index in [0.717, 1.165) is 49.3 Å². The first-order valence-corrected chi connectivity index (χ1v) is 11.7. The fraction of sp³-hybridized carbons (Fsp3) is 0.500. The third kappa shape index (κ3) is 4.79. The van der Waals surface area contributed by atoms with E-state index >= 15 is 0 Å². The fourth-order valence-corrected chi connectivity index (χ4v) is 4.52. The maximum Gasteiger partial charge on any atom is 0.276 e. The quantitative estimate of drug-likeness (QED) is 0.552. The standard InChI is InChI=1S/C26H34N4O2/c1-17(2)16-32-23-10-9-20(5)27-24(23)26(31)30-11-7-6-8-22(30)13-21-15-29-14-18(3)12-19(4)25(29)28-21/h9-10,12,14-15,17,22H,6-8,11,13,16H2,1-5H3/t22-/m0/s1. The van der Waals surface area contributed by atoms with Gasteiger partial charge in [-0.05, 0) is 69.2 Å². The van der Waals surface area contributed by atoms with E-state index in [9.17, 15) is 4.79 Å². The highest BCUT2D eigenvalue weighted by Crippen LogP contribution is 2.26. The summed E-state index contributed by atoms with van der Waals surface area (Å²) in [5, 5.41) is 0. The van der Waals surface area contributed by atoms with Crippen molar-refractivity contribution in [3.05, 3.63) is 58.8 Å². The van der Waals surface area contributed by atoms with Crippen LogP contribution in [0.5, 0.6) is 5.75 Å². The lowest BCUT2D eigenvalue weighted by atomic mass is 9.97. The van der Waals surface area contributed by atoms with Gasteiger partial charge in [0.25, 0.3) is 5.91 Å². The molecule has 170 valence electrons. The molecule has 1 amide bonds. The van der Waals surface area contributed by atoms with E-state index in [1.54, 1.807) is 0 Å². The van der Waals surface area contributed by atoms with Gasteiger partial charge in [0, 0.05) is 37.1 Å². The molecule has 3 aromatic rings. The largest absolute Gasteiger partial charge is 0.491 e. The van der Waals surface area contributed by atoms with Crippen LogP contribution >= 0.6 is 0 Å². The average Bonchev–Trinajstić information content (AvgIpc) is 3.15. The summed E-state index contributed by atoms with van der Waals surface area (Å²) in [6.45, 7) is 11.6. The zero-order valence-corrected chi connectivity index (χ0v) is 19.9. The van der Waals surface area contributed by atoms with Crippen molar-refractivity contribution in [2.75, 3.05) is 13.2 Å². The molecule has 1 fully saturated rings. The topological polar surface area (TPSA) is 59.7 Å². The Morgan fingerprint density at radius 3 is 2.75 bits per heavy atom. The molecular formula is C26H34N4O2. The molecule has 0 aromatic carbocycles.